The maximum atomic E-state index is 12.3. The molecule has 23 heavy (non-hydrogen) atoms. The molecule has 0 spiro atoms. The molecule has 3 aliphatic carbocycles. The lowest BCUT2D eigenvalue weighted by Crippen LogP contribution is -2.62. The van der Waals surface area contributed by atoms with Crippen molar-refractivity contribution >= 4 is 21.9 Å². The van der Waals surface area contributed by atoms with Crippen LogP contribution in [0.15, 0.2) is 0 Å². The molecule has 2 nitrogen and oxygen atoms in total. The molecule has 0 aromatic carbocycles. The SMILES string of the molecule is CC1(C)CCC[C@@]2(C)[C@@H]3CC[C@]4(Br)C(=O)OC[C@@H]4[C@@]3(C)CC[C@H]12. The first-order valence-electron chi connectivity index (χ1n) is 9.51. The third kappa shape index (κ3) is 1.95. The van der Waals surface area contributed by atoms with Gasteiger partial charge in [0.2, 0.25) is 0 Å². The number of halogens is 1. The predicted molar refractivity (Wildman–Crippen MR) is 95.4 cm³/mol. The van der Waals surface area contributed by atoms with Gasteiger partial charge >= 0.3 is 5.97 Å². The summed E-state index contributed by atoms with van der Waals surface area (Å²) in [5.41, 5.74) is 1.15. The molecular formula is C20H31BrO2. The normalized spacial score (nSPS) is 54.7. The molecule has 3 heteroatoms. The lowest BCUT2D eigenvalue weighted by atomic mass is 9.39. The van der Waals surface area contributed by atoms with E-state index in [4.69, 9.17) is 4.74 Å². The van der Waals surface area contributed by atoms with Crippen molar-refractivity contribution in [1.29, 1.82) is 0 Å². The van der Waals surface area contributed by atoms with Crippen molar-refractivity contribution in [3.05, 3.63) is 0 Å². The van der Waals surface area contributed by atoms with Gasteiger partial charge in [0.25, 0.3) is 0 Å². The van der Waals surface area contributed by atoms with Gasteiger partial charge < -0.3 is 4.74 Å². The number of fused-ring (bicyclic) bond motifs is 5. The molecule has 3 saturated carbocycles. The fourth-order valence-electron chi connectivity index (χ4n) is 7.66. The van der Waals surface area contributed by atoms with Crippen molar-refractivity contribution in [3.8, 4) is 0 Å². The molecule has 0 aromatic rings. The monoisotopic (exact) mass is 382 g/mol. The molecule has 0 amide bonds. The maximum Gasteiger partial charge on any atom is 0.323 e. The van der Waals surface area contributed by atoms with E-state index in [9.17, 15) is 4.79 Å². The number of alkyl halides is 1. The molecule has 0 aromatic heterocycles. The summed E-state index contributed by atoms with van der Waals surface area (Å²) in [6, 6.07) is 0. The summed E-state index contributed by atoms with van der Waals surface area (Å²) in [6.07, 6.45) is 8.84. The smallest absolute Gasteiger partial charge is 0.323 e. The zero-order valence-electron chi connectivity index (χ0n) is 15.1. The Hall–Kier alpha value is -0.0500. The van der Waals surface area contributed by atoms with Gasteiger partial charge in [-0.3, -0.25) is 4.79 Å². The zero-order valence-corrected chi connectivity index (χ0v) is 16.7. The molecule has 130 valence electrons. The predicted octanol–water partition coefficient (Wildman–Crippen LogP) is 5.34. The highest BCUT2D eigenvalue weighted by atomic mass is 79.9. The zero-order chi connectivity index (χ0) is 16.7. The van der Waals surface area contributed by atoms with Gasteiger partial charge in [-0.25, -0.2) is 0 Å². The van der Waals surface area contributed by atoms with Crippen LogP contribution in [0.4, 0.5) is 0 Å². The molecule has 0 radical (unpaired) electrons. The van der Waals surface area contributed by atoms with Crippen LogP contribution in [0.2, 0.25) is 0 Å². The first-order chi connectivity index (χ1) is 10.6. The Morgan fingerprint density at radius 3 is 2.30 bits per heavy atom. The lowest BCUT2D eigenvalue weighted by molar-refractivity contribution is -0.165. The molecule has 0 bridgehead atoms. The minimum atomic E-state index is -0.397. The molecule has 4 aliphatic rings. The van der Waals surface area contributed by atoms with Gasteiger partial charge in [-0.2, -0.15) is 0 Å². The molecule has 0 N–H and O–H groups in total. The van der Waals surface area contributed by atoms with Crippen LogP contribution in [-0.2, 0) is 9.53 Å². The number of ether oxygens (including phenoxy) is 1. The summed E-state index contributed by atoms with van der Waals surface area (Å²) >= 11 is 3.84. The molecule has 1 heterocycles. The van der Waals surface area contributed by atoms with Crippen molar-refractivity contribution in [2.75, 3.05) is 6.61 Å². The van der Waals surface area contributed by atoms with Gasteiger partial charge in [-0.1, -0.05) is 50.0 Å². The topological polar surface area (TPSA) is 26.3 Å². The van der Waals surface area contributed by atoms with E-state index in [1.807, 2.05) is 0 Å². The maximum absolute atomic E-state index is 12.3. The third-order valence-corrected chi connectivity index (χ3v) is 9.98. The van der Waals surface area contributed by atoms with Gasteiger partial charge in [-0.05, 0) is 66.6 Å². The van der Waals surface area contributed by atoms with Crippen LogP contribution in [0.3, 0.4) is 0 Å². The first kappa shape index (κ1) is 16.4. The highest BCUT2D eigenvalue weighted by molar-refractivity contribution is 9.10. The van der Waals surface area contributed by atoms with Crippen LogP contribution in [-0.4, -0.2) is 16.9 Å². The number of rotatable bonds is 0. The van der Waals surface area contributed by atoms with E-state index in [1.165, 1.54) is 38.5 Å². The second-order valence-electron chi connectivity index (χ2n) is 10.0. The molecule has 1 saturated heterocycles. The Balaban J connectivity index is 1.75. The number of esters is 1. The second-order valence-corrected chi connectivity index (χ2v) is 11.5. The van der Waals surface area contributed by atoms with Gasteiger partial charge in [0, 0.05) is 5.92 Å². The van der Waals surface area contributed by atoms with Crippen LogP contribution in [0.1, 0.15) is 72.6 Å². The van der Waals surface area contributed by atoms with Crippen molar-refractivity contribution in [1.82, 2.24) is 0 Å². The number of hydrogen-bond acceptors (Lipinski definition) is 2. The Morgan fingerprint density at radius 1 is 0.913 bits per heavy atom. The van der Waals surface area contributed by atoms with E-state index < -0.39 is 4.32 Å². The Labute approximate surface area is 149 Å². The summed E-state index contributed by atoms with van der Waals surface area (Å²) in [7, 11) is 0. The number of carbonyl (C=O) groups is 1. The number of carbonyl (C=O) groups excluding carboxylic acids is 1. The Kier molecular flexibility index (Phi) is 3.40. The minimum absolute atomic E-state index is 0.00146. The lowest BCUT2D eigenvalue weighted by Gasteiger charge is -2.66. The highest BCUT2D eigenvalue weighted by Crippen LogP contribution is 2.71. The van der Waals surface area contributed by atoms with Gasteiger partial charge in [0.1, 0.15) is 4.32 Å². The van der Waals surface area contributed by atoms with Crippen molar-refractivity contribution in [3.63, 3.8) is 0 Å². The summed E-state index contributed by atoms with van der Waals surface area (Å²) in [5.74, 6) is 1.92. The van der Waals surface area contributed by atoms with Gasteiger partial charge in [0.05, 0.1) is 6.61 Å². The highest BCUT2D eigenvalue weighted by Gasteiger charge is 2.68. The van der Waals surface area contributed by atoms with E-state index in [2.05, 4.69) is 43.6 Å². The average Bonchev–Trinajstić information content (AvgIpc) is 2.74. The Bertz CT molecular complexity index is 544. The second kappa shape index (κ2) is 4.77. The van der Waals surface area contributed by atoms with Crippen LogP contribution in [0.25, 0.3) is 0 Å². The number of hydrogen-bond donors (Lipinski definition) is 0. The van der Waals surface area contributed by atoms with Gasteiger partial charge in [-0.15, -0.1) is 0 Å². The van der Waals surface area contributed by atoms with Crippen LogP contribution in [0.5, 0.6) is 0 Å². The van der Waals surface area contributed by atoms with Crippen molar-refractivity contribution in [2.24, 2.45) is 34.0 Å². The average molecular weight is 383 g/mol. The standard InChI is InChI=1S/C20H31BrO2/c1-17(2)8-5-9-18(3)13(17)6-10-19(4)14(18)7-11-20(21)15(19)12-23-16(20)22/h13-15H,5-12H2,1-4H3/t13-,14+,15-,18-,19+,20-/m1/s1. The quantitative estimate of drug-likeness (QED) is 0.417. The van der Waals surface area contributed by atoms with E-state index in [-0.39, 0.29) is 11.4 Å². The summed E-state index contributed by atoms with van der Waals surface area (Å²) in [4.78, 5) is 12.3. The van der Waals surface area contributed by atoms with Crippen LogP contribution in [0, 0.1) is 34.0 Å². The summed E-state index contributed by atoms with van der Waals surface area (Å²) in [5, 5.41) is 0. The largest absolute Gasteiger partial charge is 0.464 e. The molecular weight excluding hydrogens is 352 g/mol. The fourth-order valence-corrected chi connectivity index (χ4v) is 8.66. The van der Waals surface area contributed by atoms with E-state index >= 15 is 0 Å². The van der Waals surface area contributed by atoms with E-state index in [0.29, 0.717) is 23.4 Å². The van der Waals surface area contributed by atoms with Crippen LogP contribution < -0.4 is 0 Å². The third-order valence-electron chi connectivity index (χ3n) is 8.71. The molecule has 1 aliphatic heterocycles. The van der Waals surface area contributed by atoms with E-state index in [1.54, 1.807) is 0 Å². The van der Waals surface area contributed by atoms with Crippen LogP contribution >= 0.6 is 15.9 Å². The summed E-state index contributed by atoms with van der Waals surface area (Å²) in [6.45, 7) is 10.7. The van der Waals surface area contributed by atoms with Crippen molar-refractivity contribution in [2.45, 2.75) is 77.0 Å². The fraction of sp³-hybridized carbons (Fsp3) is 0.950. The summed E-state index contributed by atoms with van der Waals surface area (Å²) < 4.78 is 5.14. The molecule has 4 rings (SSSR count). The minimum Gasteiger partial charge on any atom is -0.464 e. The Morgan fingerprint density at radius 2 is 1.57 bits per heavy atom. The van der Waals surface area contributed by atoms with Gasteiger partial charge in [0.15, 0.2) is 0 Å². The molecule has 4 fully saturated rings. The molecule has 6 atom stereocenters. The first-order valence-corrected chi connectivity index (χ1v) is 10.3. The number of cyclic esters (lactones) is 1. The van der Waals surface area contributed by atoms with E-state index in [0.717, 1.165) is 18.3 Å². The van der Waals surface area contributed by atoms with Crippen molar-refractivity contribution < 1.29 is 9.53 Å². The molecule has 0 unspecified atom stereocenters.